The molecule has 0 aliphatic carbocycles. The first-order valence-corrected chi connectivity index (χ1v) is 7.79. The van der Waals surface area contributed by atoms with Gasteiger partial charge in [0, 0.05) is 25.8 Å². The minimum Gasteiger partial charge on any atom is -0.447 e. The number of carbonyl (C=O) groups is 2. The summed E-state index contributed by atoms with van der Waals surface area (Å²) in [5, 5.41) is 0.545. The monoisotopic (exact) mass is 334 g/mol. The third kappa shape index (κ3) is 2.23. The van der Waals surface area contributed by atoms with Gasteiger partial charge in [-0.3, -0.25) is 14.1 Å². The minimum absolute atomic E-state index is 0.0664. The van der Waals surface area contributed by atoms with Crippen LogP contribution in [0, 0.1) is 6.92 Å². The Morgan fingerprint density at radius 2 is 2.22 bits per heavy atom. The van der Waals surface area contributed by atoms with Crippen molar-refractivity contribution in [2.24, 2.45) is 0 Å². The topological polar surface area (TPSA) is 67.2 Å². The number of imidazole rings is 1. The Morgan fingerprint density at radius 1 is 1.39 bits per heavy atom. The van der Waals surface area contributed by atoms with Gasteiger partial charge in [-0.2, -0.15) is 0 Å². The van der Waals surface area contributed by atoms with Crippen molar-refractivity contribution in [3.05, 3.63) is 34.7 Å². The number of cyclic esters (lactones) is 1. The number of aryl methyl sites for hydroxylation is 1. The summed E-state index contributed by atoms with van der Waals surface area (Å²) in [5.74, 6) is -0.101. The molecule has 0 unspecified atom stereocenters. The molecule has 0 bridgehead atoms. The second-order valence-corrected chi connectivity index (χ2v) is 6.23. The maximum Gasteiger partial charge on any atom is 0.410 e. The molecule has 1 atom stereocenters. The molecule has 120 valence electrons. The summed E-state index contributed by atoms with van der Waals surface area (Å²) in [7, 11) is 0. The van der Waals surface area contributed by atoms with Gasteiger partial charge in [-0.05, 0) is 19.1 Å². The Hall–Kier alpha value is -2.28. The molecule has 2 aromatic heterocycles. The van der Waals surface area contributed by atoms with Gasteiger partial charge in [-0.1, -0.05) is 11.6 Å². The normalized spacial score (nSPS) is 20.8. The van der Waals surface area contributed by atoms with Crippen molar-refractivity contribution in [1.82, 2.24) is 19.2 Å². The highest BCUT2D eigenvalue weighted by Gasteiger charge is 2.39. The third-order valence-electron chi connectivity index (χ3n) is 4.36. The number of carbonyl (C=O) groups excluding carboxylic acids is 2. The average molecular weight is 335 g/mol. The lowest BCUT2D eigenvalue weighted by atomic mass is 10.2. The van der Waals surface area contributed by atoms with Crippen LogP contribution < -0.4 is 0 Å². The molecule has 23 heavy (non-hydrogen) atoms. The van der Waals surface area contributed by atoms with Crippen LogP contribution in [0.1, 0.15) is 16.2 Å². The molecule has 2 fully saturated rings. The maximum absolute atomic E-state index is 13.0. The fraction of sp³-hybridized carbons (Fsp3) is 0.400. The fourth-order valence-electron chi connectivity index (χ4n) is 3.22. The molecule has 7 nitrogen and oxygen atoms in total. The van der Waals surface area contributed by atoms with Crippen LogP contribution in [0.25, 0.3) is 5.65 Å². The van der Waals surface area contributed by atoms with E-state index in [-0.39, 0.29) is 18.0 Å². The molecular weight excluding hydrogens is 320 g/mol. The predicted octanol–water partition coefficient (Wildman–Crippen LogP) is 1.57. The molecule has 8 heteroatoms. The van der Waals surface area contributed by atoms with Crippen LogP contribution in [-0.2, 0) is 4.74 Å². The minimum atomic E-state index is -0.292. The standard InChI is InChI=1S/C15H15ClN4O3/c1-9-13(20-6-10(16)2-3-12(20)17-9)14(21)18-4-5-19-11(7-18)8-23-15(19)22/h2-3,6,11H,4-5,7-8H2,1H3/t11-/m0/s1. The molecule has 4 rings (SSSR count). The first-order chi connectivity index (χ1) is 11.0. The van der Waals surface area contributed by atoms with E-state index in [1.54, 1.807) is 32.5 Å². The van der Waals surface area contributed by atoms with E-state index in [9.17, 15) is 9.59 Å². The van der Waals surface area contributed by atoms with Crippen molar-refractivity contribution in [1.29, 1.82) is 0 Å². The Kier molecular flexibility index (Phi) is 3.19. The molecule has 4 heterocycles. The van der Waals surface area contributed by atoms with Gasteiger partial charge in [0.2, 0.25) is 0 Å². The zero-order valence-corrected chi connectivity index (χ0v) is 13.3. The molecule has 2 amide bonds. The van der Waals surface area contributed by atoms with E-state index >= 15 is 0 Å². The number of fused-ring (bicyclic) bond motifs is 2. The lowest BCUT2D eigenvalue weighted by Crippen LogP contribution is -2.54. The van der Waals surface area contributed by atoms with Crippen LogP contribution in [0.15, 0.2) is 18.3 Å². The van der Waals surface area contributed by atoms with Crippen molar-refractivity contribution in [3.63, 3.8) is 0 Å². The highest BCUT2D eigenvalue weighted by Crippen LogP contribution is 2.22. The van der Waals surface area contributed by atoms with E-state index in [2.05, 4.69) is 4.98 Å². The highest BCUT2D eigenvalue weighted by molar-refractivity contribution is 6.30. The van der Waals surface area contributed by atoms with Gasteiger partial charge in [0.05, 0.1) is 16.8 Å². The summed E-state index contributed by atoms with van der Waals surface area (Å²) in [6.45, 7) is 3.59. The van der Waals surface area contributed by atoms with Gasteiger partial charge in [0.25, 0.3) is 5.91 Å². The van der Waals surface area contributed by atoms with Crippen molar-refractivity contribution in [3.8, 4) is 0 Å². The maximum atomic E-state index is 13.0. The Morgan fingerprint density at radius 3 is 3.04 bits per heavy atom. The van der Waals surface area contributed by atoms with Gasteiger partial charge >= 0.3 is 6.09 Å². The molecular formula is C15H15ClN4O3. The van der Waals surface area contributed by atoms with Crippen molar-refractivity contribution in [2.45, 2.75) is 13.0 Å². The quantitative estimate of drug-likeness (QED) is 0.794. The molecule has 0 spiro atoms. The van der Waals surface area contributed by atoms with Crippen LogP contribution >= 0.6 is 11.6 Å². The summed E-state index contributed by atoms with van der Waals surface area (Å²) in [6.07, 6.45) is 1.41. The first-order valence-electron chi connectivity index (χ1n) is 7.41. The molecule has 2 aromatic rings. The van der Waals surface area contributed by atoms with Gasteiger partial charge in [0.15, 0.2) is 0 Å². The van der Waals surface area contributed by atoms with Gasteiger partial charge < -0.3 is 9.64 Å². The summed E-state index contributed by atoms with van der Waals surface area (Å²) in [5.41, 5.74) is 1.87. The Bertz CT molecular complexity index is 818. The van der Waals surface area contributed by atoms with E-state index in [0.29, 0.717) is 48.3 Å². The molecule has 2 aliphatic heterocycles. The number of rotatable bonds is 1. The highest BCUT2D eigenvalue weighted by atomic mass is 35.5. The van der Waals surface area contributed by atoms with Crippen LogP contribution in [0.5, 0.6) is 0 Å². The molecule has 2 aliphatic rings. The fourth-order valence-corrected chi connectivity index (χ4v) is 3.38. The SMILES string of the molecule is Cc1nc2ccc(Cl)cn2c1C(=O)N1CCN2C(=O)OC[C@@H]2C1. The average Bonchev–Trinajstić information content (AvgIpc) is 3.06. The number of hydrogen-bond donors (Lipinski definition) is 0. The third-order valence-corrected chi connectivity index (χ3v) is 4.59. The second-order valence-electron chi connectivity index (χ2n) is 5.80. The number of pyridine rings is 1. The molecule has 2 saturated heterocycles. The van der Waals surface area contributed by atoms with Crippen LogP contribution in [0.4, 0.5) is 4.79 Å². The predicted molar refractivity (Wildman–Crippen MR) is 82.7 cm³/mol. The van der Waals surface area contributed by atoms with Crippen molar-refractivity contribution >= 4 is 29.2 Å². The summed E-state index contributed by atoms with van der Waals surface area (Å²) < 4.78 is 6.77. The Balaban J connectivity index is 1.66. The van der Waals surface area contributed by atoms with E-state index in [0.717, 1.165) is 0 Å². The van der Waals surface area contributed by atoms with Crippen molar-refractivity contribution < 1.29 is 14.3 Å². The van der Waals surface area contributed by atoms with E-state index in [1.165, 1.54) is 0 Å². The largest absolute Gasteiger partial charge is 0.447 e. The summed E-state index contributed by atoms with van der Waals surface area (Å²) in [4.78, 5) is 32.4. The molecule has 0 radical (unpaired) electrons. The number of aromatic nitrogens is 2. The summed E-state index contributed by atoms with van der Waals surface area (Å²) in [6, 6.07) is 3.47. The molecule has 0 saturated carbocycles. The number of piperazine rings is 1. The van der Waals surface area contributed by atoms with Crippen LogP contribution in [0.2, 0.25) is 5.02 Å². The Labute approximate surface area is 137 Å². The van der Waals surface area contributed by atoms with E-state index in [1.807, 2.05) is 6.92 Å². The van der Waals surface area contributed by atoms with Crippen LogP contribution in [-0.4, -0.2) is 63.5 Å². The van der Waals surface area contributed by atoms with Gasteiger partial charge in [0.1, 0.15) is 17.9 Å². The van der Waals surface area contributed by atoms with Gasteiger partial charge in [-0.15, -0.1) is 0 Å². The van der Waals surface area contributed by atoms with Gasteiger partial charge in [-0.25, -0.2) is 9.78 Å². The lowest BCUT2D eigenvalue weighted by molar-refractivity contribution is 0.0609. The molecule has 0 N–H and O–H groups in total. The lowest BCUT2D eigenvalue weighted by Gasteiger charge is -2.35. The first kappa shape index (κ1) is 14.3. The molecule has 0 aromatic carbocycles. The number of halogens is 1. The number of nitrogens with zero attached hydrogens (tertiary/aromatic N) is 4. The van der Waals surface area contributed by atoms with Crippen LogP contribution in [0.3, 0.4) is 0 Å². The zero-order chi connectivity index (χ0) is 16.1. The van der Waals surface area contributed by atoms with E-state index < -0.39 is 0 Å². The van der Waals surface area contributed by atoms with E-state index in [4.69, 9.17) is 16.3 Å². The van der Waals surface area contributed by atoms with Crippen molar-refractivity contribution in [2.75, 3.05) is 26.2 Å². The summed E-state index contributed by atoms with van der Waals surface area (Å²) >= 11 is 6.05. The zero-order valence-electron chi connectivity index (χ0n) is 12.5. The number of ether oxygens (including phenoxy) is 1. The smallest absolute Gasteiger partial charge is 0.410 e. The second kappa shape index (κ2) is 5.13. The number of amides is 2. The number of hydrogen-bond acceptors (Lipinski definition) is 4.